The second-order valence-corrected chi connectivity index (χ2v) is 4.81. The van der Waals surface area contributed by atoms with E-state index in [1.165, 1.54) is 12.1 Å². The molecule has 0 aliphatic carbocycles. The lowest BCUT2D eigenvalue weighted by atomic mass is 10.2. The third-order valence-electron chi connectivity index (χ3n) is 2.55. The molecule has 6 heteroatoms. The van der Waals surface area contributed by atoms with E-state index in [0.717, 1.165) is 16.1 Å². The molecule has 0 saturated carbocycles. The average molecular weight is 325 g/mol. The highest BCUT2D eigenvalue weighted by Crippen LogP contribution is 2.25. The molecule has 0 radical (unpaired) electrons. The highest BCUT2D eigenvalue weighted by atomic mass is 79.9. The monoisotopic (exact) mass is 324 g/mol. The molecule has 0 heterocycles. The van der Waals surface area contributed by atoms with Crippen LogP contribution in [0.25, 0.3) is 0 Å². The van der Waals surface area contributed by atoms with E-state index >= 15 is 0 Å². The van der Waals surface area contributed by atoms with E-state index in [0.29, 0.717) is 12.2 Å². The molecule has 0 aliphatic heterocycles. The van der Waals surface area contributed by atoms with Crippen molar-refractivity contribution in [1.29, 1.82) is 0 Å². The van der Waals surface area contributed by atoms with Crippen molar-refractivity contribution < 1.29 is 9.31 Å². The first-order valence-electron chi connectivity index (χ1n) is 5.48. The summed E-state index contributed by atoms with van der Waals surface area (Å²) in [6.45, 7) is 0.430. The molecule has 0 saturated heterocycles. The molecular weight excluding hydrogens is 315 g/mol. The first-order chi connectivity index (χ1) is 9.06. The van der Waals surface area contributed by atoms with Crippen molar-refractivity contribution in [2.45, 2.75) is 6.54 Å². The van der Waals surface area contributed by atoms with Gasteiger partial charge in [0, 0.05) is 11.0 Å². The third kappa shape index (κ3) is 3.51. The molecule has 19 heavy (non-hydrogen) atoms. The molecule has 0 aliphatic rings. The molecule has 0 fully saturated rings. The summed E-state index contributed by atoms with van der Waals surface area (Å²) >= 11 is 3.33. The molecule has 0 atom stereocenters. The minimum absolute atomic E-state index is 0.267. The zero-order valence-corrected chi connectivity index (χ0v) is 11.4. The van der Waals surface area contributed by atoms with Crippen LogP contribution in [0.5, 0.6) is 0 Å². The normalized spacial score (nSPS) is 10.2. The van der Waals surface area contributed by atoms with Crippen molar-refractivity contribution in [3.05, 3.63) is 68.4 Å². The maximum atomic E-state index is 13.0. The Morgan fingerprint density at radius 1 is 1.21 bits per heavy atom. The molecule has 0 unspecified atom stereocenters. The second kappa shape index (κ2) is 5.79. The number of nitrogens with zero attached hydrogens (tertiary/aromatic N) is 1. The first kappa shape index (κ1) is 13.5. The second-order valence-electron chi connectivity index (χ2n) is 3.90. The highest BCUT2D eigenvalue weighted by Gasteiger charge is 2.14. The minimum Gasteiger partial charge on any atom is -0.375 e. The number of hydrogen-bond acceptors (Lipinski definition) is 3. The molecule has 1 N–H and O–H groups in total. The predicted molar refractivity (Wildman–Crippen MR) is 74.5 cm³/mol. The van der Waals surface area contributed by atoms with Crippen LogP contribution in [0, 0.1) is 15.9 Å². The summed E-state index contributed by atoms with van der Waals surface area (Å²) in [4.78, 5) is 10.2. The molecule has 4 nitrogen and oxygen atoms in total. The van der Waals surface area contributed by atoms with Gasteiger partial charge in [0.2, 0.25) is 0 Å². The third-order valence-corrected chi connectivity index (χ3v) is 3.08. The Labute approximate surface area is 117 Å². The van der Waals surface area contributed by atoms with E-state index < -0.39 is 10.7 Å². The highest BCUT2D eigenvalue weighted by molar-refractivity contribution is 9.10. The van der Waals surface area contributed by atoms with Gasteiger partial charge in [-0.2, -0.15) is 0 Å². The van der Waals surface area contributed by atoms with Gasteiger partial charge in [0.25, 0.3) is 5.69 Å². The fourth-order valence-electron chi connectivity index (χ4n) is 1.60. The van der Waals surface area contributed by atoms with Crippen LogP contribution >= 0.6 is 15.9 Å². The van der Waals surface area contributed by atoms with E-state index in [9.17, 15) is 14.5 Å². The van der Waals surface area contributed by atoms with Gasteiger partial charge in [-0.3, -0.25) is 10.1 Å². The Morgan fingerprint density at radius 2 is 1.89 bits per heavy atom. The number of hydrogen-bond donors (Lipinski definition) is 1. The van der Waals surface area contributed by atoms with Gasteiger partial charge < -0.3 is 5.32 Å². The van der Waals surface area contributed by atoms with Crippen LogP contribution < -0.4 is 5.32 Å². The number of rotatable bonds is 4. The summed E-state index contributed by atoms with van der Waals surface area (Å²) < 4.78 is 13.9. The van der Waals surface area contributed by atoms with Gasteiger partial charge in [0.05, 0.1) is 11.0 Å². The minimum atomic E-state index is -0.624. The molecule has 0 aromatic heterocycles. The molecule has 0 amide bonds. The van der Waals surface area contributed by atoms with Crippen LogP contribution in [0.1, 0.15) is 5.56 Å². The van der Waals surface area contributed by atoms with Crippen molar-refractivity contribution >= 4 is 27.3 Å². The largest absolute Gasteiger partial charge is 0.375 e. The lowest BCUT2D eigenvalue weighted by Gasteiger charge is -2.07. The summed E-state index contributed by atoms with van der Waals surface area (Å²) in [5.41, 5.74) is 1.01. The molecule has 0 bridgehead atoms. The fourth-order valence-corrected chi connectivity index (χ4v) is 1.87. The van der Waals surface area contributed by atoms with Crippen molar-refractivity contribution in [3.8, 4) is 0 Å². The molecule has 98 valence electrons. The molecular formula is C13H10BrFN2O2. The van der Waals surface area contributed by atoms with E-state index in [1.54, 1.807) is 0 Å². The van der Waals surface area contributed by atoms with Gasteiger partial charge in [-0.25, -0.2) is 4.39 Å². The van der Waals surface area contributed by atoms with Crippen molar-refractivity contribution in [1.82, 2.24) is 0 Å². The summed E-state index contributed by atoms with van der Waals surface area (Å²) in [6.07, 6.45) is 0. The number of halogens is 2. The van der Waals surface area contributed by atoms with E-state index in [1.807, 2.05) is 24.3 Å². The van der Waals surface area contributed by atoms with Crippen LogP contribution in [0.4, 0.5) is 15.8 Å². The number of nitrogens with one attached hydrogen (secondary N) is 1. The topological polar surface area (TPSA) is 55.2 Å². The van der Waals surface area contributed by atoms with E-state index in [4.69, 9.17) is 0 Å². The lowest BCUT2D eigenvalue weighted by molar-refractivity contribution is -0.384. The van der Waals surface area contributed by atoms with Crippen molar-refractivity contribution in [2.75, 3.05) is 5.32 Å². The van der Waals surface area contributed by atoms with Crippen molar-refractivity contribution in [2.24, 2.45) is 0 Å². The number of anilines is 1. The number of nitro benzene ring substituents is 1. The van der Waals surface area contributed by atoms with E-state index in [2.05, 4.69) is 21.2 Å². The Morgan fingerprint density at radius 3 is 2.53 bits per heavy atom. The Bertz CT molecular complexity index is 602. The van der Waals surface area contributed by atoms with Crippen LogP contribution in [0.15, 0.2) is 46.9 Å². The predicted octanol–water partition coefficient (Wildman–Crippen LogP) is 4.11. The standard InChI is InChI=1S/C13H10BrFN2O2/c14-10-3-1-9(2-4-10)8-16-12-6-5-11(15)7-13(12)17(18)19/h1-7,16H,8H2. The van der Waals surface area contributed by atoms with Crippen LogP contribution in [-0.4, -0.2) is 4.92 Å². The maximum Gasteiger partial charge on any atom is 0.295 e. The SMILES string of the molecule is O=[N+]([O-])c1cc(F)ccc1NCc1ccc(Br)cc1. The first-order valence-corrected chi connectivity index (χ1v) is 6.28. The zero-order chi connectivity index (χ0) is 13.8. The maximum absolute atomic E-state index is 13.0. The Hall–Kier alpha value is -1.95. The van der Waals surface area contributed by atoms with Gasteiger partial charge >= 0.3 is 0 Å². The quantitative estimate of drug-likeness (QED) is 0.680. The van der Waals surface area contributed by atoms with Crippen LogP contribution in [-0.2, 0) is 6.54 Å². The summed E-state index contributed by atoms with van der Waals surface area (Å²) in [7, 11) is 0. The molecule has 2 aromatic carbocycles. The van der Waals surface area contributed by atoms with E-state index in [-0.39, 0.29) is 5.69 Å². The van der Waals surface area contributed by atoms with Gasteiger partial charge in [-0.05, 0) is 29.8 Å². The van der Waals surface area contributed by atoms with Gasteiger partial charge in [0.15, 0.2) is 0 Å². The smallest absolute Gasteiger partial charge is 0.295 e. The number of nitro groups is 1. The van der Waals surface area contributed by atoms with Crippen molar-refractivity contribution in [3.63, 3.8) is 0 Å². The van der Waals surface area contributed by atoms with Gasteiger partial charge in [0.1, 0.15) is 11.5 Å². The molecule has 0 spiro atoms. The average Bonchev–Trinajstić information content (AvgIpc) is 2.39. The van der Waals surface area contributed by atoms with Crippen LogP contribution in [0.3, 0.4) is 0 Å². The summed E-state index contributed by atoms with van der Waals surface area (Å²) in [6, 6.07) is 11.0. The molecule has 2 aromatic rings. The molecule has 2 rings (SSSR count). The fraction of sp³-hybridized carbons (Fsp3) is 0.0769. The summed E-state index contributed by atoms with van der Waals surface area (Å²) in [5.74, 6) is -0.624. The lowest BCUT2D eigenvalue weighted by Crippen LogP contribution is -2.02. The Balaban J connectivity index is 2.15. The van der Waals surface area contributed by atoms with Gasteiger partial charge in [-0.1, -0.05) is 28.1 Å². The number of benzene rings is 2. The summed E-state index contributed by atoms with van der Waals surface area (Å²) in [5, 5.41) is 13.8. The zero-order valence-electron chi connectivity index (χ0n) is 9.77. The van der Waals surface area contributed by atoms with Gasteiger partial charge in [-0.15, -0.1) is 0 Å². The Kier molecular flexibility index (Phi) is 4.11. The van der Waals surface area contributed by atoms with Crippen LogP contribution in [0.2, 0.25) is 0 Å².